The minimum atomic E-state index is -1.20. The predicted octanol–water partition coefficient (Wildman–Crippen LogP) is 2.45. The average molecular weight is 423 g/mol. The molecule has 8 heteroatoms. The van der Waals surface area contributed by atoms with Crippen LogP contribution in [0.4, 0.5) is 4.79 Å². The van der Waals surface area contributed by atoms with Crippen molar-refractivity contribution in [2.45, 2.75) is 38.8 Å². The van der Waals surface area contributed by atoms with E-state index in [0.29, 0.717) is 17.1 Å². The largest absolute Gasteiger partial charge is 0.454 e. The lowest BCUT2D eigenvalue weighted by Gasteiger charge is -2.22. The molecule has 4 amide bonds. The van der Waals surface area contributed by atoms with Gasteiger partial charge in [-0.1, -0.05) is 43.7 Å². The number of amides is 4. The van der Waals surface area contributed by atoms with Gasteiger partial charge >= 0.3 is 6.03 Å². The van der Waals surface area contributed by atoms with Gasteiger partial charge in [0.1, 0.15) is 12.1 Å². The Bertz CT molecular complexity index is 1020. The smallest absolute Gasteiger partial charge is 0.325 e. The van der Waals surface area contributed by atoms with E-state index >= 15 is 0 Å². The fourth-order valence-electron chi connectivity index (χ4n) is 3.78. The third-order valence-corrected chi connectivity index (χ3v) is 5.57. The Hall–Kier alpha value is -3.55. The van der Waals surface area contributed by atoms with E-state index < -0.39 is 23.4 Å². The second-order valence-corrected chi connectivity index (χ2v) is 7.86. The van der Waals surface area contributed by atoms with Gasteiger partial charge in [-0.25, -0.2) is 4.79 Å². The van der Waals surface area contributed by atoms with Gasteiger partial charge < -0.3 is 20.1 Å². The SMILES string of the molecule is CCCc1ccc([C@]2(C)NC(=O)N(CC(=O)NCc3ccc4c(c3)OCO4)C2=O)cc1. The number of urea groups is 1. The zero-order chi connectivity index (χ0) is 22.0. The summed E-state index contributed by atoms with van der Waals surface area (Å²) < 4.78 is 10.6. The monoisotopic (exact) mass is 423 g/mol. The Kier molecular flexibility index (Phi) is 5.54. The minimum absolute atomic E-state index is 0.178. The maximum atomic E-state index is 13.0. The molecule has 2 aromatic carbocycles. The molecule has 2 N–H and O–H groups in total. The van der Waals surface area contributed by atoms with Crippen molar-refractivity contribution in [3.8, 4) is 11.5 Å². The van der Waals surface area contributed by atoms with Crippen molar-refractivity contribution in [1.82, 2.24) is 15.5 Å². The average Bonchev–Trinajstić information content (AvgIpc) is 3.31. The van der Waals surface area contributed by atoms with Crippen LogP contribution in [0.5, 0.6) is 11.5 Å². The van der Waals surface area contributed by atoms with Gasteiger partial charge in [0, 0.05) is 6.54 Å². The van der Waals surface area contributed by atoms with E-state index in [2.05, 4.69) is 17.6 Å². The van der Waals surface area contributed by atoms with Crippen LogP contribution < -0.4 is 20.1 Å². The summed E-state index contributed by atoms with van der Waals surface area (Å²) >= 11 is 0. The molecule has 2 heterocycles. The Balaban J connectivity index is 1.38. The van der Waals surface area contributed by atoms with E-state index in [1.54, 1.807) is 19.1 Å². The topological polar surface area (TPSA) is 97.0 Å². The van der Waals surface area contributed by atoms with Crippen LogP contribution in [-0.2, 0) is 28.1 Å². The molecule has 0 radical (unpaired) electrons. The van der Waals surface area contributed by atoms with Gasteiger partial charge in [0.2, 0.25) is 12.7 Å². The highest BCUT2D eigenvalue weighted by Crippen LogP contribution is 2.32. The lowest BCUT2D eigenvalue weighted by molar-refractivity contribution is -0.134. The number of ether oxygens (including phenoxy) is 2. The van der Waals surface area contributed by atoms with Gasteiger partial charge in [-0.15, -0.1) is 0 Å². The number of hydrogen-bond acceptors (Lipinski definition) is 5. The molecule has 1 atom stereocenters. The number of aryl methyl sites for hydroxylation is 1. The summed E-state index contributed by atoms with van der Waals surface area (Å²) in [6, 6.07) is 12.4. The number of carbonyl (C=O) groups excluding carboxylic acids is 3. The van der Waals surface area contributed by atoms with Crippen molar-refractivity contribution in [2.24, 2.45) is 0 Å². The first-order valence-electron chi connectivity index (χ1n) is 10.3. The van der Waals surface area contributed by atoms with E-state index in [1.165, 1.54) is 5.56 Å². The highest BCUT2D eigenvalue weighted by atomic mass is 16.7. The van der Waals surface area contributed by atoms with Crippen LogP contribution in [0.25, 0.3) is 0 Å². The Morgan fingerprint density at radius 2 is 1.81 bits per heavy atom. The van der Waals surface area contributed by atoms with Crippen LogP contribution in [0.3, 0.4) is 0 Å². The van der Waals surface area contributed by atoms with E-state index in [4.69, 9.17) is 9.47 Å². The highest BCUT2D eigenvalue weighted by molar-refractivity contribution is 6.09. The Morgan fingerprint density at radius 1 is 1.10 bits per heavy atom. The molecule has 1 fully saturated rings. The summed E-state index contributed by atoms with van der Waals surface area (Å²) in [4.78, 5) is 38.9. The summed E-state index contributed by atoms with van der Waals surface area (Å²) in [5.41, 5.74) is 1.49. The van der Waals surface area contributed by atoms with Crippen molar-refractivity contribution in [3.05, 3.63) is 59.2 Å². The van der Waals surface area contributed by atoms with Gasteiger partial charge in [0.25, 0.3) is 5.91 Å². The molecule has 0 saturated carbocycles. The van der Waals surface area contributed by atoms with Crippen molar-refractivity contribution in [1.29, 1.82) is 0 Å². The minimum Gasteiger partial charge on any atom is -0.454 e. The van der Waals surface area contributed by atoms with E-state index in [9.17, 15) is 14.4 Å². The molecule has 4 rings (SSSR count). The number of nitrogens with one attached hydrogen (secondary N) is 2. The molecule has 2 aliphatic rings. The fraction of sp³-hybridized carbons (Fsp3) is 0.348. The number of carbonyl (C=O) groups is 3. The molecule has 8 nitrogen and oxygen atoms in total. The summed E-state index contributed by atoms with van der Waals surface area (Å²) in [6.45, 7) is 3.84. The summed E-state index contributed by atoms with van der Waals surface area (Å²) in [6.07, 6.45) is 1.98. The second kappa shape index (κ2) is 8.29. The molecular formula is C23H25N3O5. The van der Waals surface area contributed by atoms with Gasteiger partial charge in [-0.3, -0.25) is 14.5 Å². The summed E-state index contributed by atoms with van der Waals surface area (Å²) in [5, 5.41) is 5.47. The fourth-order valence-corrected chi connectivity index (χ4v) is 3.78. The molecule has 2 aromatic rings. The van der Waals surface area contributed by atoms with Crippen molar-refractivity contribution in [2.75, 3.05) is 13.3 Å². The molecule has 31 heavy (non-hydrogen) atoms. The van der Waals surface area contributed by atoms with E-state index in [0.717, 1.165) is 23.3 Å². The first-order valence-corrected chi connectivity index (χ1v) is 10.3. The lowest BCUT2D eigenvalue weighted by atomic mass is 9.91. The first kappa shape index (κ1) is 20.7. The van der Waals surface area contributed by atoms with E-state index in [1.807, 2.05) is 30.3 Å². The van der Waals surface area contributed by atoms with Gasteiger partial charge in [0.15, 0.2) is 11.5 Å². The normalized spacial score (nSPS) is 19.5. The highest BCUT2D eigenvalue weighted by Gasteiger charge is 2.49. The first-order chi connectivity index (χ1) is 14.9. The molecule has 0 bridgehead atoms. The molecule has 162 valence electrons. The molecule has 0 aromatic heterocycles. The third kappa shape index (κ3) is 4.05. The molecule has 0 aliphatic carbocycles. The number of fused-ring (bicyclic) bond motifs is 1. The Labute approximate surface area is 180 Å². The lowest BCUT2D eigenvalue weighted by Crippen LogP contribution is -2.43. The van der Waals surface area contributed by atoms with Crippen molar-refractivity contribution in [3.63, 3.8) is 0 Å². The van der Waals surface area contributed by atoms with Crippen LogP contribution in [-0.4, -0.2) is 36.1 Å². The van der Waals surface area contributed by atoms with E-state index in [-0.39, 0.29) is 19.9 Å². The van der Waals surface area contributed by atoms with Crippen LogP contribution in [0.1, 0.15) is 37.0 Å². The van der Waals surface area contributed by atoms with Crippen LogP contribution in [0.2, 0.25) is 0 Å². The maximum absolute atomic E-state index is 13.0. The summed E-state index contributed by atoms with van der Waals surface area (Å²) in [7, 11) is 0. The third-order valence-electron chi connectivity index (χ3n) is 5.57. The van der Waals surface area contributed by atoms with Crippen molar-refractivity contribution < 1.29 is 23.9 Å². The maximum Gasteiger partial charge on any atom is 0.325 e. The number of nitrogens with zero attached hydrogens (tertiary/aromatic N) is 1. The molecule has 1 saturated heterocycles. The van der Waals surface area contributed by atoms with Crippen LogP contribution in [0.15, 0.2) is 42.5 Å². The quantitative estimate of drug-likeness (QED) is 0.667. The zero-order valence-corrected chi connectivity index (χ0v) is 17.6. The van der Waals surface area contributed by atoms with Gasteiger partial charge in [0.05, 0.1) is 0 Å². The molecule has 2 aliphatic heterocycles. The Morgan fingerprint density at radius 3 is 2.55 bits per heavy atom. The summed E-state index contributed by atoms with van der Waals surface area (Å²) in [5.74, 6) is 0.417. The zero-order valence-electron chi connectivity index (χ0n) is 17.6. The number of rotatable bonds is 7. The molecule has 0 spiro atoms. The van der Waals surface area contributed by atoms with Crippen LogP contribution >= 0.6 is 0 Å². The molecule has 0 unspecified atom stereocenters. The standard InChI is InChI=1S/C23H25N3O5/c1-3-4-15-5-8-17(9-6-15)23(2)21(28)26(22(29)25-23)13-20(27)24-12-16-7-10-18-19(11-16)31-14-30-18/h5-11H,3-4,12-14H2,1-2H3,(H,24,27)(H,25,29)/t23-/m0/s1. The van der Waals surface area contributed by atoms with Crippen molar-refractivity contribution >= 4 is 17.8 Å². The van der Waals surface area contributed by atoms with Gasteiger partial charge in [-0.2, -0.15) is 0 Å². The molecular weight excluding hydrogens is 398 g/mol. The second-order valence-electron chi connectivity index (χ2n) is 7.86. The van der Waals surface area contributed by atoms with Crippen LogP contribution in [0, 0.1) is 0 Å². The number of benzene rings is 2. The number of hydrogen-bond donors (Lipinski definition) is 2. The number of imide groups is 1. The predicted molar refractivity (Wildman–Crippen MR) is 112 cm³/mol. The van der Waals surface area contributed by atoms with Gasteiger partial charge in [-0.05, 0) is 42.2 Å².